The van der Waals surface area contributed by atoms with Crippen LogP contribution in [0.4, 0.5) is 0 Å². The van der Waals surface area contributed by atoms with Gasteiger partial charge in [-0.05, 0) is 142 Å². The average Bonchev–Trinajstić information content (AvgIpc) is 3.71. The van der Waals surface area contributed by atoms with E-state index in [1.807, 2.05) is 0 Å². The SMILES string of the molecule is Cc1cccc2ccc3cccc(-c4cccc5ccc6cc(-c7ccc(-c8ccc9cc(-c%10nc%11ccccc%11n%10-c%10ccccc%10)ccc9c8)cc7)ccc6c45)c3c12. The summed E-state index contributed by atoms with van der Waals surface area (Å²) in [6.45, 7) is 2.23. The number of para-hydroxylation sites is 3. The van der Waals surface area contributed by atoms with Crippen molar-refractivity contribution in [2.75, 3.05) is 0 Å². The summed E-state index contributed by atoms with van der Waals surface area (Å²) >= 11 is 0. The molecule has 11 aromatic carbocycles. The molecule has 0 spiro atoms. The van der Waals surface area contributed by atoms with E-state index in [-0.39, 0.29) is 0 Å². The zero-order chi connectivity index (χ0) is 39.7. The molecule has 0 unspecified atom stereocenters. The normalized spacial score (nSPS) is 11.8. The Morgan fingerprint density at radius 3 is 1.60 bits per heavy atom. The van der Waals surface area contributed by atoms with Crippen LogP contribution in [0, 0.1) is 6.92 Å². The van der Waals surface area contributed by atoms with Gasteiger partial charge in [0.15, 0.2) is 0 Å². The first-order chi connectivity index (χ1) is 29.6. The molecular weight excluding hydrogens is 725 g/mol. The summed E-state index contributed by atoms with van der Waals surface area (Å²) < 4.78 is 2.26. The van der Waals surface area contributed by atoms with E-state index in [9.17, 15) is 0 Å². The van der Waals surface area contributed by atoms with Gasteiger partial charge in [0, 0.05) is 11.3 Å². The zero-order valence-corrected chi connectivity index (χ0v) is 33.1. The molecular formula is C58H38N2. The Morgan fingerprint density at radius 2 is 0.867 bits per heavy atom. The molecule has 0 bridgehead atoms. The molecule has 280 valence electrons. The van der Waals surface area contributed by atoms with Crippen molar-refractivity contribution in [1.82, 2.24) is 9.55 Å². The number of hydrogen-bond acceptors (Lipinski definition) is 1. The van der Waals surface area contributed by atoms with Crippen molar-refractivity contribution in [3.8, 4) is 50.5 Å². The van der Waals surface area contributed by atoms with Gasteiger partial charge in [-0.2, -0.15) is 0 Å². The van der Waals surface area contributed by atoms with Crippen molar-refractivity contribution >= 4 is 64.9 Å². The lowest BCUT2D eigenvalue weighted by Gasteiger charge is -2.16. The van der Waals surface area contributed by atoms with E-state index >= 15 is 0 Å². The first kappa shape index (κ1) is 34.3. The molecule has 0 aliphatic carbocycles. The van der Waals surface area contributed by atoms with Gasteiger partial charge in [-0.1, -0.05) is 170 Å². The van der Waals surface area contributed by atoms with Crippen LogP contribution in [-0.4, -0.2) is 9.55 Å². The van der Waals surface area contributed by atoms with Crippen molar-refractivity contribution in [3.05, 3.63) is 218 Å². The van der Waals surface area contributed by atoms with Crippen LogP contribution in [0.1, 0.15) is 5.56 Å². The van der Waals surface area contributed by atoms with Crippen molar-refractivity contribution in [2.24, 2.45) is 0 Å². The van der Waals surface area contributed by atoms with E-state index in [1.54, 1.807) is 0 Å². The van der Waals surface area contributed by atoms with Crippen molar-refractivity contribution in [3.63, 3.8) is 0 Å². The Bertz CT molecular complexity index is 3650. The summed E-state index contributed by atoms with van der Waals surface area (Å²) in [4.78, 5) is 5.10. The smallest absolute Gasteiger partial charge is 0.145 e. The number of aryl methyl sites for hydroxylation is 1. The molecule has 0 aliphatic heterocycles. The molecule has 0 radical (unpaired) electrons. The summed E-state index contributed by atoms with van der Waals surface area (Å²) in [6.07, 6.45) is 0. The van der Waals surface area contributed by atoms with Gasteiger partial charge in [0.25, 0.3) is 0 Å². The van der Waals surface area contributed by atoms with E-state index in [2.05, 4.69) is 224 Å². The van der Waals surface area contributed by atoms with Crippen LogP contribution < -0.4 is 0 Å². The lowest BCUT2D eigenvalue weighted by atomic mass is 9.88. The highest BCUT2D eigenvalue weighted by Crippen LogP contribution is 2.42. The van der Waals surface area contributed by atoms with Gasteiger partial charge in [0.1, 0.15) is 5.82 Å². The molecule has 60 heavy (non-hydrogen) atoms. The topological polar surface area (TPSA) is 17.8 Å². The maximum absolute atomic E-state index is 5.10. The molecule has 2 heteroatoms. The molecule has 1 aromatic heterocycles. The van der Waals surface area contributed by atoms with Gasteiger partial charge < -0.3 is 0 Å². The lowest BCUT2D eigenvalue weighted by molar-refractivity contribution is 1.10. The molecule has 0 N–H and O–H groups in total. The standard InChI is InChI=1S/C58H38N2/c1-37-10-7-11-40-24-25-42-13-9-17-52(57(42)55(37)40)51-16-8-12-41-26-30-47-35-44(32-33-50(47)56(41)51)39-22-20-38(21-23-39)43-27-28-46-36-48(31-29-45(46)34-43)58-59-53-18-5-6-19-54(53)60(58)49-14-3-2-4-15-49/h2-36H,1H3. The van der Waals surface area contributed by atoms with E-state index in [4.69, 9.17) is 4.98 Å². The fourth-order valence-corrected chi connectivity index (χ4v) is 9.56. The molecule has 0 fully saturated rings. The lowest BCUT2D eigenvalue weighted by Crippen LogP contribution is -1.97. The first-order valence-electron chi connectivity index (χ1n) is 20.7. The quantitative estimate of drug-likeness (QED) is 0.160. The fraction of sp³-hybridized carbons (Fsp3) is 0.0172. The number of imidazole rings is 1. The van der Waals surface area contributed by atoms with Crippen molar-refractivity contribution < 1.29 is 0 Å². The molecule has 2 nitrogen and oxygen atoms in total. The number of benzene rings is 11. The third kappa shape index (κ3) is 5.53. The van der Waals surface area contributed by atoms with Gasteiger partial charge in [-0.3, -0.25) is 4.57 Å². The van der Waals surface area contributed by atoms with Crippen LogP contribution in [0.5, 0.6) is 0 Å². The molecule has 0 saturated heterocycles. The third-order valence-electron chi connectivity index (χ3n) is 12.5. The Morgan fingerprint density at radius 1 is 0.350 bits per heavy atom. The number of rotatable bonds is 5. The summed E-state index contributed by atoms with van der Waals surface area (Å²) in [7, 11) is 0. The van der Waals surface area contributed by atoms with Crippen LogP contribution in [0.15, 0.2) is 212 Å². The van der Waals surface area contributed by atoms with E-state index in [0.29, 0.717) is 0 Å². The van der Waals surface area contributed by atoms with Gasteiger partial charge in [0.2, 0.25) is 0 Å². The van der Waals surface area contributed by atoms with Crippen molar-refractivity contribution in [2.45, 2.75) is 6.92 Å². The maximum atomic E-state index is 5.10. The molecule has 0 amide bonds. The second kappa shape index (κ2) is 13.7. The van der Waals surface area contributed by atoms with Gasteiger partial charge in [-0.25, -0.2) is 4.98 Å². The molecule has 0 aliphatic rings. The Kier molecular flexibility index (Phi) is 7.79. The summed E-state index contributed by atoms with van der Waals surface area (Å²) in [5.41, 5.74) is 13.0. The van der Waals surface area contributed by atoms with Gasteiger partial charge in [-0.15, -0.1) is 0 Å². The van der Waals surface area contributed by atoms with E-state index in [1.165, 1.54) is 92.8 Å². The van der Waals surface area contributed by atoms with Crippen LogP contribution in [-0.2, 0) is 0 Å². The van der Waals surface area contributed by atoms with E-state index in [0.717, 1.165) is 28.1 Å². The second-order valence-electron chi connectivity index (χ2n) is 16.0. The summed E-state index contributed by atoms with van der Waals surface area (Å²) in [5, 5.41) is 12.7. The van der Waals surface area contributed by atoms with Gasteiger partial charge >= 0.3 is 0 Å². The Hall–Kier alpha value is -7.81. The molecule has 0 saturated carbocycles. The van der Waals surface area contributed by atoms with Gasteiger partial charge in [0.05, 0.1) is 11.0 Å². The highest BCUT2D eigenvalue weighted by molar-refractivity contribution is 6.21. The Balaban J connectivity index is 0.885. The van der Waals surface area contributed by atoms with Crippen LogP contribution in [0.25, 0.3) is 115 Å². The highest BCUT2D eigenvalue weighted by atomic mass is 15.1. The predicted octanol–water partition coefficient (Wildman–Crippen LogP) is 15.8. The number of fused-ring (bicyclic) bond motifs is 8. The minimum Gasteiger partial charge on any atom is -0.292 e. The summed E-state index contributed by atoms with van der Waals surface area (Å²) in [5.74, 6) is 0.944. The highest BCUT2D eigenvalue weighted by Gasteiger charge is 2.16. The number of nitrogens with zero attached hydrogens (tertiary/aromatic N) is 2. The van der Waals surface area contributed by atoms with Crippen molar-refractivity contribution in [1.29, 1.82) is 0 Å². The first-order valence-corrected chi connectivity index (χ1v) is 20.7. The minimum absolute atomic E-state index is 0.944. The molecule has 0 atom stereocenters. The minimum atomic E-state index is 0.944. The predicted molar refractivity (Wildman–Crippen MR) is 255 cm³/mol. The third-order valence-corrected chi connectivity index (χ3v) is 12.5. The molecule has 1 heterocycles. The fourth-order valence-electron chi connectivity index (χ4n) is 9.56. The van der Waals surface area contributed by atoms with Crippen LogP contribution >= 0.6 is 0 Å². The largest absolute Gasteiger partial charge is 0.292 e. The number of hydrogen-bond donors (Lipinski definition) is 0. The second-order valence-corrected chi connectivity index (χ2v) is 16.0. The zero-order valence-electron chi connectivity index (χ0n) is 33.1. The van der Waals surface area contributed by atoms with Crippen LogP contribution in [0.3, 0.4) is 0 Å². The monoisotopic (exact) mass is 762 g/mol. The molecule has 12 aromatic rings. The average molecular weight is 763 g/mol. The summed E-state index contributed by atoms with van der Waals surface area (Å²) in [6, 6.07) is 77.5. The maximum Gasteiger partial charge on any atom is 0.145 e. The molecule has 12 rings (SSSR count). The van der Waals surface area contributed by atoms with Crippen LogP contribution in [0.2, 0.25) is 0 Å². The van der Waals surface area contributed by atoms with E-state index < -0.39 is 0 Å². The Labute approximate surface area is 348 Å². The number of aromatic nitrogens is 2.